The number of hydrogen-bond acceptors (Lipinski definition) is 5. The van der Waals surface area contributed by atoms with Crippen molar-refractivity contribution < 1.29 is 18.4 Å². The van der Waals surface area contributed by atoms with Crippen molar-refractivity contribution in [3.05, 3.63) is 114 Å². The van der Waals surface area contributed by atoms with Gasteiger partial charge in [0, 0.05) is 45.6 Å². The van der Waals surface area contributed by atoms with Crippen LogP contribution in [0.25, 0.3) is 44.4 Å². The fourth-order valence-electron chi connectivity index (χ4n) is 5.84. The number of carbonyl (C=O) groups excluding carboxylic acids is 1. The fourth-order valence-corrected chi connectivity index (χ4v) is 5.84. The first-order valence-electron chi connectivity index (χ1n) is 14.3. The van der Waals surface area contributed by atoms with E-state index in [0.717, 1.165) is 69.8 Å². The van der Waals surface area contributed by atoms with Gasteiger partial charge in [-0.2, -0.15) is 0 Å². The van der Waals surface area contributed by atoms with E-state index < -0.39 is 0 Å². The topological polar surface area (TPSA) is 55.8 Å². The van der Waals surface area contributed by atoms with Crippen molar-refractivity contribution in [2.24, 2.45) is 0 Å². The molecule has 0 radical (unpaired) electrons. The number of carbonyl (C=O) groups is 1. The first-order chi connectivity index (χ1) is 20.2. The lowest BCUT2D eigenvalue weighted by molar-refractivity contribution is 0.101. The Morgan fingerprint density at radius 1 is 0.780 bits per heavy atom. The summed E-state index contributed by atoms with van der Waals surface area (Å²) >= 11 is 0. The Bertz CT molecular complexity index is 1830. The molecule has 0 saturated carbocycles. The Kier molecular flexibility index (Phi) is 6.65. The predicted octanol–water partition coefficient (Wildman–Crippen LogP) is 8.53. The Morgan fingerprint density at radius 2 is 1.44 bits per heavy atom. The molecule has 1 fully saturated rings. The number of furan rings is 2. The van der Waals surface area contributed by atoms with E-state index in [9.17, 15) is 4.79 Å². The van der Waals surface area contributed by atoms with Crippen LogP contribution >= 0.6 is 0 Å². The molecule has 0 spiro atoms. The molecule has 1 saturated heterocycles. The van der Waals surface area contributed by atoms with Crippen LogP contribution in [0.2, 0.25) is 0 Å². The van der Waals surface area contributed by atoms with Gasteiger partial charge in [-0.05, 0) is 68.8 Å². The number of hydrogen-bond donors (Lipinski definition) is 0. The predicted molar refractivity (Wildman–Crippen MR) is 163 cm³/mol. The normalized spacial score (nSPS) is 13.8. The molecule has 2 aromatic heterocycles. The van der Waals surface area contributed by atoms with Crippen molar-refractivity contribution in [3.63, 3.8) is 0 Å². The third-order valence-corrected chi connectivity index (χ3v) is 8.04. The van der Waals surface area contributed by atoms with Gasteiger partial charge in [0.25, 0.3) is 0 Å². The first-order valence-corrected chi connectivity index (χ1v) is 14.3. The van der Waals surface area contributed by atoms with Gasteiger partial charge in [0.1, 0.15) is 29.3 Å². The molecule has 0 unspecified atom stereocenters. The van der Waals surface area contributed by atoms with Gasteiger partial charge in [-0.15, -0.1) is 0 Å². The molecule has 41 heavy (non-hydrogen) atoms. The number of fused-ring (bicyclic) bond motifs is 2. The van der Waals surface area contributed by atoms with E-state index in [0.29, 0.717) is 23.5 Å². The summed E-state index contributed by atoms with van der Waals surface area (Å²) in [5, 5.41) is 1.89. The van der Waals surface area contributed by atoms with Crippen LogP contribution in [0.15, 0.2) is 106 Å². The van der Waals surface area contributed by atoms with E-state index >= 15 is 0 Å². The molecule has 0 atom stereocenters. The molecule has 5 nitrogen and oxygen atoms in total. The number of ketones is 1. The highest BCUT2D eigenvalue weighted by atomic mass is 16.5. The van der Waals surface area contributed by atoms with E-state index in [1.54, 1.807) is 0 Å². The quantitative estimate of drug-likeness (QED) is 0.181. The van der Waals surface area contributed by atoms with Gasteiger partial charge in [-0.1, -0.05) is 60.7 Å². The Morgan fingerprint density at radius 3 is 2.15 bits per heavy atom. The van der Waals surface area contributed by atoms with Gasteiger partial charge >= 0.3 is 0 Å². The van der Waals surface area contributed by atoms with Crippen molar-refractivity contribution in [1.29, 1.82) is 0 Å². The lowest BCUT2D eigenvalue weighted by Gasteiger charge is -2.14. The van der Waals surface area contributed by atoms with Crippen LogP contribution in [0, 0.1) is 6.92 Å². The van der Waals surface area contributed by atoms with E-state index in [1.807, 2.05) is 73.7 Å². The second kappa shape index (κ2) is 10.8. The van der Waals surface area contributed by atoms with Crippen LogP contribution in [0.5, 0.6) is 5.75 Å². The maximum Gasteiger partial charge on any atom is 0.228 e. The lowest BCUT2D eigenvalue weighted by Crippen LogP contribution is -2.25. The summed E-state index contributed by atoms with van der Waals surface area (Å²) in [6.07, 6.45) is 2.54. The number of nitrogens with zero attached hydrogens (tertiary/aromatic N) is 1. The molecule has 0 aliphatic carbocycles. The molecule has 7 rings (SSSR count). The molecule has 3 heterocycles. The highest BCUT2D eigenvalue weighted by molar-refractivity contribution is 6.13. The summed E-state index contributed by atoms with van der Waals surface area (Å²) in [7, 11) is 0. The van der Waals surface area contributed by atoms with Crippen molar-refractivity contribution in [2.75, 3.05) is 26.2 Å². The molecule has 0 N–H and O–H groups in total. The standard InChI is InChI=1S/C36H31NO4/c1-24-29-22-30-32(41-36(27-12-6-3-7-13-27)33(30)25-10-4-2-5-11-25)23-31(29)40-35(24)34(38)26-14-16-28(17-15-26)39-21-20-37-18-8-9-19-37/h2-7,10-17,22-23H,8-9,18-21H2,1H3. The van der Waals surface area contributed by atoms with Crippen LogP contribution in [0.4, 0.5) is 0 Å². The Hall–Kier alpha value is -4.61. The minimum Gasteiger partial charge on any atom is -0.492 e. The fraction of sp³-hybridized carbons (Fsp3) is 0.194. The van der Waals surface area contributed by atoms with Crippen LogP contribution in [-0.4, -0.2) is 36.9 Å². The number of aryl methyl sites for hydroxylation is 1. The van der Waals surface area contributed by atoms with Gasteiger partial charge in [0.05, 0.1) is 0 Å². The van der Waals surface area contributed by atoms with Crippen LogP contribution < -0.4 is 4.74 Å². The number of rotatable bonds is 8. The summed E-state index contributed by atoms with van der Waals surface area (Å²) in [6, 6.07) is 31.7. The van der Waals surface area contributed by atoms with Crippen molar-refractivity contribution in [2.45, 2.75) is 19.8 Å². The zero-order chi connectivity index (χ0) is 27.8. The summed E-state index contributed by atoms with van der Waals surface area (Å²) in [5.74, 6) is 1.79. The number of benzene rings is 4. The van der Waals surface area contributed by atoms with Gasteiger partial charge in [-0.3, -0.25) is 9.69 Å². The molecule has 0 amide bonds. The monoisotopic (exact) mass is 541 g/mol. The third kappa shape index (κ3) is 4.83. The van der Waals surface area contributed by atoms with E-state index in [4.69, 9.17) is 13.6 Å². The molecule has 0 bridgehead atoms. The van der Waals surface area contributed by atoms with Gasteiger partial charge in [0.2, 0.25) is 5.78 Å². The smallest absolute Gasteiger partial charge is 0.228 e. The molecule has 204 valence electrons. The Labute approximate surface area is 239 Å². The van der Waals surface area contributed by atoms with Crippen LogP contribution in [-0.2, 0) is 0 Å². The van der Waals surface area contributed by atoms with Crippen molar-refractivity contribution >= 4 is 27.7 Å². The molecule has 6 aromatic rings. The number of likely N-dealkylation sites (tertiary alicyclic amines) is 1. The number of ether oxygens (including phenoxy) is 1. The summed E-state index contributed by atoms with van der Waals surface area (Å²) in [6.45, 7) is 5.83. The summed E-state index contributed by atoms with van der Waals surface area (Å²) < 4.78 is 18.6. The second-order valence-corrected chi connectivity index (χ2v) is 10.7. The summed E-state index contributed by atoms with van der Waals surface area (Å²) in [4.78, 5) is 16.0. The van der Waals surface area contributed by atoms with Gasteiger partial charge < -0.3 is 13.6 Å². The first kappa shape index (κ1) is 25.4. The molecule has 1 aliphatic rings. The van der Waals surface area contributed by atoms with Crippen LogP contribution in [0.1, 0.15) is 34.5 Å². The lowest BCUT2D eigenvalue weighted by atomic mass is 9.97. The van der Waals surface area contributed by atoms with Crippen molar-refractivity contribution in [3.8, 4) is 28.2 Å². The molecular formula is C36H31NO4. The average Bonchev–Trinajstić information content (AvgIpc) is 3.75. The molecule has 5 heteroatoms. The molecular weight excluding hydrogens is 510 g/mol. The third-order valence-electron chi connectivity index (χ3n) is 8.04. The second-order valence-electron chi connectivity index (χ2n) is 10.7. The minimum absolute atomic E-state index is 0.146. The highest BCUT2D eigenvalue weighted by Gasteiger charge is 2.23. The maximum atomic E-state index is 13.5. The average molecular weight is 542 g/mol. The van der Waals surface area contributed by atoms with E-state index in [-0.39, 0.29) is 5.78 Å². The van der Waals surface area contributed by atoms with Crippen LogP contribution in [0.3, 0.4) is 0 Å². The SMILES string of the molecule is Cc1c(C(=O)c2ccc(OCCN3CCCC3)cc2)oc2cc3oc(-c4ccccc4)c(-c4ccccc4)c3cc12. The molecule has 4 aromatic carbocycles. The van der Waals surface area contributed by atoms with Gasteiger partial charge in [-0.25, -0.2) is 0 Å². The zero-order valence-electron chi connectivity index (χ0n) is 23.1. The summed E-state index contributed by atoms with van der Waals surface area (Å²) in [5.41, 5.74) is 5.85. The van der Waals surface area contributed by atoms with Gasteiger partial charge in [0.15, 0.2) is 5.76 Å². The zero-order valence-corrected chi connectivity index (χ0v) is 23.1. The van der Waals surface area contributed by atoms with E-state index in [2.05, 4.69) is 35.2 Å². The maximum absolute atomic E-state index is 13.5. The highest BCUT2D eigenvalue weighted by Crippen LogP contribution is 2.43. The minimum atomic E-state index is -0.146. The van der Waals surface area contributed by atoms with E-state index in [1.165, 1.54) is 12.8 Å². The van der Waals surface area contributed by atoms with Crippen molar-refractivity contribution in [1.82, 2.24) is 4.90 Å². The Balaban J connectivity index is 1.21. The molecule has 1 aliphatic heterocycles. The largest absolute Gasteiger partial charge is 0.492 e.